The molecule has 132 valence electrons. The van der Waals surface area contributed by atoms with Crippen LogP contribution in [0.2, 0.25) is 0 Å². The topological polar surface area (TPSA) is 60.3 Å². The minimum absolute atomic E-state index is 0.0628. The number of nitrogens with zero attached hydrogens (tertiary/aromatic N) is 1. The summed E-state index contributed by atoms with van der Waals surface area (Å²) in [6.07, 6.45) is 3.53. The zero-order valence-corrected chi connectivity index (χ0v) is 14.5. The van der Waals surface area contributed by atoms with Crippen molar-refractivity contribution in [3.8, 4) is 0 Å². The maximum absolute atomic E-state index is 12.7. The molecule has 2 aromatic rings. The van der Waals surface area contributed by atoms with E-state index in [1.165, 1.54) is 5.56 Å². The SMILES string of the molecule is Cc1cc(NCCc2ccccc2)c(C=O)c(=O)n1C[C@H]1CCCO1. The molecule has 25 heavy (non-hydrogen) atoms. The molecule has 1 saturated heterocycles. The average Bonchev–Trinajstić information content (AvgIpc) is 3.13. The molecule has 1 N–H and O–H groups in total. The Labute approximate surface area is 147 Å². The van der Waals surface area contributed by atoms with Crippen LogP contribution >= 0.6 is 0 Å². The standard InChI is InChI=1S/C20H24N2O3/c1-15-12-19(21-10-9-16-6-3-2-4-7-16)18(14-23)20(24)22(15)13-17-8-5-11-25-17/h2-4,6-7,12,14,17,21H,5,8-11,13H2,1H3/t17-/m1/s1. The van der Waals surface area contributed by atoms with E-state index in [2.05, 4.69) is 17.4 Å². The van der Waals surface area contributed by atoms with Gasteiger partial charge < -0.3 is 14.6 Å². The maximum Gasteiger partial charge on any atom is 0.263 e. The van der Waals surface area contributed by atoms with Gasteiger partial charge in [0.1, 0.15) is 5.56 Å². The fourth-order valence-electron chi connectivity index (χ4n) is 3.25. The van der Waals surface area contributed by atoms with Crippen LogP contribution in [0.3, 0.4) is 0 Å². The number of anilines is 1. The van der Waals surface area contributed by atoms with Gasteiger partial charge in [-0.1, -0.05) is 30.3 Å². The van der Waals surface area contributed by atoms with Gasteiger partial charge in [0, 0.05) is 18.8 Å². The van der Waals surface area contributed by atoms with Gasteiger partial charge in [0.15, 0.2) is 6.29 Å². The third-order valence-corrected chi connectivity index (χ3v) is 4.64. The van der Waals surface area contributed by atoms with Crippen molar-refractivity contribution in [3.05, 3.63) is 63.6 Å². The summed E-state index contributed by atoms with van der Waals surface area (Å²) in [4.78, 5) is 24.2. The second-order valence-electron chi connectivity index (χ2n) is 6.44. The van der Waals surface area contributed by atoms with E-state index < -0.39 is 0 Å². The van der Waals surface area contributed by atoms with Crippen LogP contribution in [-0.4, -0.2) is 30.1 Å². The number of rotatable bonds is 7. The number of hydrogen-bond acceptors (Lipinski definition) is 4. The molecule has 0 amide bonds. The molecule has 1 aromatic heterocycles. The predicted molar refractivity (Wildman–Crippen MR) is 98.4 cm³/mol. The summed E-state index contributed by atoms with van der Waals surface area (Å²) in [5.41, 5.74) is 2.61. The van der Waals surface area contributed by atoms with Crippen molar-refractivity contribution in [1.82, 2.24) is 4.57 Å². The highest BCUT2D eigenvalue weighted by Gasteiger charge is 2.19. The van der Waals surface area contributed by atoms with Gasteiger partial charge in [0.05, 0.1) is 18.3 Å². The zero-order chi connectivity index (χ0) is 17.6. The van der Waals surface area contributed by atoms with Crippen molar-refractivity contribution < 1.29 is 9.53 Å². The summed E-state index contributed by atoms with van der Waals surface area (Å²) in [5.74, 6) is 0. The van der Waals surface area contributed by atoms with E-state index in [0.717, 1.165) is 31.6 Å². The first-order valence-corrected chi connectivity index (χ1v) is 8.78. The van der Waals surface area contributed by atoms with Crippen molar-refractivity contribution >= 4 is 12.0 Å². The second kappa shape index (κ2) is 8.12. The van der Waals surface area contributed by atoms with Gasteiger partial charge in [0.25, 0.3) is 5.56 Å². The molecular formula is C20H24N2O3. The summed E-state index contributed by atoms with van der Waals surface area (Å²) in [6.45, 7) is 3.82. The van der Waals surface area contributed by atoms with Gasteiger partial charge >= 0.3 is 0 Å². The lowest BCUT2D eigenvalue weighted by Crippen LogP contribution is -2.31. The number of aromatic nitrogens is 1. The van der Waals surface area contributed by atoms with Gasteiger partial charge in [0.2, 0.25) is 0 Å². The lowest BCUT2D eigenvalue weighted by molar-refractivity contribution is 0.0953. The van der Waals surface area contributed by atoms with Crippen LogP contribution in [0.4, 0.5) is 5.69 Å². The number of nitrogens with one attached hydrogen (secondary N) is 1. The number of benzene rings is 1. The van der Waals surface area contributed by atoms with Crippen LogP contribution in [0.25, 0.3) is 0 Å². The van der Waals surface area contributed by atoms with E-state index in [0.29, 0.717) is 25.1 Å². The second-order valence-corrected chi connectivity index (χ2v) is 6.44. The summed E-state index contributed by atoms with van der Waals surface area (Å²) in [7, 11) is 0. The molecule has 1 aliphatic rings. The molecule has 0 spiro atoms. The van der Waals surface area contributed by atoms with Crippen molar-refractivity contribution in [2.24, 2.45) is 0 Å². The third kappa shape index (κ3) is 4.17. The van der Waals surface area contributed by atoms with Crippen molar-refractivity contribution in [3.63, 3.8) is 0 Å². The molecule has 2 heterocycles. The van der Waals surface area contributed by atoms with Gasteiger partial charge in [-0.05, 0) is 37.8 Å². The van der Waals surface area contributed by atoms with Gasteiger partial charge in [-0.3, -0.25) is 9.59 Å². The van der Waals surface area contributed by atoms with Crippen LogP contribution < -0.4 is 10.9 Å². The average molecular weight is 340 g/mol. The van der Waals surface area contributed by atoms with Crippen LogP contribution in [0.15, 0.2) is 41.2 Å². The number of hydrogen-bond donors (Lipinski definition) is 1. The Hall–Kier alpha value is -2.40. The highest BCUT2D eigenvalue weighted by atomic mass is 16.5. The number of aldehydes is 1. The van der Waals surface area contributed by atoms with Crippen molar-refractivity contribution in [2.75, 3.05) is 18.5 Å². The van der Waals surface area contributed by atoms with E-state index in [1.807, 2.05) is 31.2 Å². The third-order valence-electron chi connectivity index (χ3n) is 4.64. The van der Waals surface area contributed by atoms with Crippen molar-refractivity contribution in [1.29, 1.82) is 0 Å². The van der Waals surface area contributed by atoms with Crippen molar-refractivity contribution in [2.45, 2.75) is 38.8 Å². The molecule has 1 atom stereocenters. The van der Waals surface area contributed by atoms with Gasteiger partial charge in [-0.2, -0.15) is 0 Å². The van der Waals surface area contributed by atoms with Crippen LogP contribution in [0.1, 0.15) is 34.5 Å². The number of carbonyl (C=O) groups is 1. The Morgan fingerprint density at radius 2 is 2.12 bits per heavy atom. The highest BCUT2D eigenvalue weighted by molar-refractivity contribution is 5.83. The Balaban J connectivity index is 1.75. The van der Waals surface area contributed by atoms with E-state index >= 15 is 0 Å². The number of ether oxygens (including phenoxy) is 1. The molecule has 1 fully saturated rings. The molecule has 0 radical (unpaired) electrons. The molecule has 3 rings (SSSR count). The number of carbonyl (C=O) groups excluding carboxylic acids is 1. The Kier molecular flexibility index (Phi) is 5.66. The molecule has 1 aliphatic heterocycles. The molecule has 1 aromatic carbocycles. The number of pyridine rings is 1. The fourth-order valence-corrected chi connectivity index (χ4v) is 3.25. The highest BCUT2D eigenvalue weighted by Crippen LogP contribution is 2.17. The summed E-state index contributed by atoms with van der Waals surface area (Å²) >= 11 is 0. The normalized spacial score (nSPS) is 16.8. The lowest BCUT2D eigenvalue weighted by Gasteiger charge is -2.17. The fraction of sp³-hybridized carbons (Fsp3) is 0.400. The largest absolute Gasteiger partial charge is 0.384 e. The summed E-state index contributed by atoms with van der Waals surface area (Å²) in [5, 5.41) is 3.24. The molecule has 5 heteroatoms. The minimum Gasteiger partial charge on any atom is -0.384 e. The Bertz CT molecular complexity index is 778. The minimum atomic E-state index is -0.243. The summed E-state index contributed by atoms with van der Waals surface area (Å²) in [6, 6.07) is 12.0. The van der Waals surface area contributed by atoms with Crippen LogP contribution in [0.5, 0.6) is 0 Å². The summed E-state index contributed by atoms with van der Waals surface area (Å²) < 4.78 is 7.28. The predicted octanol–water partition coefficient (Wildman–Crippen LogP) is 2.80. The first kappa shape index (κ1) is 17.4. The van der Waals surface area contributed by atoms with E-state index in [4.69, 9.17) is 4.74 Å². The first-order chi connectivity index (χ1) is 12.2. The number of aryl methyl sites for hydroxylation is 1. The Morgan fingerprint density at radius 1 is 1.32 bits per heavy atom. The van der Waals surface area contributed by atoms with E-state index in [-0.39, 0.29) is 17.2 Å². The van der Waals surface area contributed by atoms with Gasteiger partial charge in [-0.15, -0.1) is 0 Å². The van der Waals surface area contributed by atoms with Crippen LogP contribution in [-0.2, 0) is 17.7 Å². The molecule has 0 bridgehead atoms. The molecule has 0 unspecified atom stereocenters. The molecular weight excluding hydrogens is 316 g/mol. The zero-order valence-electron chi connectivity index (χ0n) is 14.5. The quantitative estimate of drug-likeness (QED) is 0.788. The first-order valence-electron chi connectivity index (χ1n) is 8.78. The van der Waals surface area contributed by atoms with Gasteiger partial charge in [-0.25, -0.2) is 0 Å². The lowest BCUT2D eigenvalue weighted by atomic mass is 10.1. The van der Waals surface area contributed by atoms with E-state index in [1.54, 1.807) is 4.57 Å². The van der Waals surface area contributed by atoms with E-state index in [9.17, 15) is 9.59 Å². The maximum atomic E-state index is 12.7. The Morgan fingerprint density at radius 3 is 2.80 bits per heavy atom. The monoisotopic (exact) mass is 340 g/mol. The smallest absolute Gasteiger partial charge is 0.263 e. The molecule has 0 aliphatic carbocycles. The molecule has 5 nitrogen and oxygen atoms in total. The van der Waals surface area contributed by atoms with Crippen LogP contribution in [0, 0.1) is 6.92 Å². The molecule has 0 saturated carbocycles.